The molecule has 0 bridgehead atoms. The molecule has 0 saturated carbocycles. The number of carbonyl (C=O) groups excluding carboxylic acids is 1. The Kier molecular flexibility index (Phi) is 4.35. The number of likely N-dealkylation sites (N-methyl/N-ethyl adjacent to an activating group) is 2. The van der Waals surface area contributed by atoms with Crippen LogP contribution in [0, 0.1) is 0 Å². The summed E-state index contributed by atoms with van der Waals surface area (Å²) < 4.78 is 5.35. The lowest BCUT2D eigenvalue weighted by Gasteiger charge is -2.29. The number of ether oxygens (including phenoxy) is 1. The Labute approximate surface area is 85.8 Å². The summed E-state index contributed by atoms with van der Waals surface area (Å²) in [7, 11) is 5.80. The molecule has 82 valence electrons. The van der Waals surface area contributed by atoms with Crippen molar-refractivity contribution in [2.45, 2.75) is 18.9 Å². The topological polar surface area (TPSA) is 32.8 Å². The average molecular weight is 200 g/mol. The highest BCUT2D eigenvalue weighted by Gasteiger charge is 2.20. The highest BCUT2D eigenvalue weighted by Crippen LogP contribution is 2.11. The lowest BCUT2D eigenvalue weighted by Crippen LogP contribution is -2.39. The third kappa shape index (κ3) is 4.07. The van der Waals surface area contributed by atoms with Gasteiger partial charge >= 0.3 is 5.97 Å². The average Bonchev–Trinajstić information content (AvgIpc) is 2.01. The number of carbonyl (C=O) groups is 1. The zero-order valence-electron chi connectivity index (χ0n) is 9.32. The molecule has 0 aromatic carbocycles. The Morgan fingerprint density at radius 1 is 1.57 bits per heavy atom. The predicted molar refractivity (Wildman–Crippen MR) is 55.2 cm³/mol. The second-order valence-corrected chi connectivity index (χ2v) is 4.25. The van der Waals surface area contributed by atoms with Gasteiger partial charge in [-0.3, -0.25) is 9.69 Å². The van der Waals surface area contributed by atoms with Crippen LogP contribution in [-0.2, 0) is 9.53 Å². The van der Waals surface area contributed by atoms with Crippen molar-refractivity contribution in [2.24, 2.45) is 0 Å². The van der Waals surface area contributed by atoms with Gasteiger partial charge in [0.05, 0.1) is 6.54 Å². The summed E-state index contributed by atoms with van der Waals surface area (Å²) in [5.41, 5.74) is 0. The summed E-state index contributed by atoms with van der Waals surface area (Å²) in [6.45, 7) is 2.36. The van der Waals surface area contributed by atoms with E-state index in [1.54, 1.807) is 0 Å². The summed E-state index contributed by atoms with van der Waals surface area (Å²) in [5, 5.41) is 0. The zero-order valence-corrected chi connectivity index (χ0v) is 9.32. The van der Waals surface area contributed by atoms with Gasteiger partial charge in [-0.05, 0) is 40.5 Å². The predicted octanol–water partition coefficient (Wildman–Crippen LogP) is 0.185. The van der Waals surface area contributed by atoms with Crippen molar-refractivity contribution in [3.05, 3.63) is 0 Å². The molecular weight excluding hydrogens is 180 g/mol. The number of likely N-dealkylation sites (tertiary alicyclic amines) is 1. The van der Waals surface area contributed by atoms with E-state index in [2.05, 4.69) is 11.9 Å². The van der Waals surface area contributed by atoms with E-state index in [1.165, 1.54) is 0 Å². The van der Waals surface area contributed by atoms with E-state index in [-0.39, 0.29) is 12.1 Å². The molecule has 4 heteroatoms. The second kappa shape index (κ2) is 5.32. The molecule has 0 spiro atoms. The van der Waals surface area contributed by atoms with Crippen LogP contribution in [0.1, 0.15) is 12.8 Å². The van der Waals surface area contributed by atoms with E-state index in [9.17, 15) is 4.79 Å². The zero-order chi connectivity index (χ0) is 10.6. The fourth-order valence-electron chi connectivity index (χ4n) is 1.70. The minimum atomic E-state index is -0.115. The van der Waals surface area contributed by atoms with Crippen LogP contribution in [-0.4, -0.2) is 62.7 Å². The van der Waals surface area contributed by atoms with Gasteiger partial charge < -0.3 is 9.64 Å². The van der Waals surface area contributed by atoms with Crippen LogP contribution in [0.15, 0.2) is 0 Å². The molecule has 1 aliphatic rings. The van der Waals surface area contributed by atoms with Crippen molar-refractivity contribution in [1.29, 1.82) is 0 Å². The number of rotatable bonds is 3. The molecule has 1 aliphatic heterocycles. The first-order chi connectivity index (χ1) is 6.58. The Bertz CT molecular complexity index is 195. The second-order valence-electron chi connectivity index (χ2n) is 4.25. The van der Waals surface area contributed by atoms with E-state index in [0.717, 1.165) is 25.9 Å². The lowest BCUT2D eigenvalue weighted by molar-refractivity contribution is -0.152. The molecule has 1 unspecified atom stereocenters. The SMILES string of the molecule is CN(C)CC(=O)OC1CCCN(C)C1. The molecule has 1 saturated heterocycles. The van der Waals surface area contributed by atoms with E-state index in [0.29, 0.717) is 6.54 Å². The van der Waals surface area contributed by atoms with Gasteiger partial charge in [0, 0.05) is 6.54 Å². The van der Waals surface area contributed by atoms with Crippen LogP contribution in [0.25, 0.3) is 0 Å². The number of hydrogen-bond acceptors (Lipinski definition) is 4. The Morgan fingerprint density at radius 3 is 2.86 bits per heavy atom. The van der Waals surface area contributed by atoms with E-state index in [4.69, 9.17) is 4.74 Å². The van der Waals surface area contributed by atoms with Gasteiger partial charge in [-0.15, -0.1) is 0 Å². The number of piperidine rings is 1. The van der Waals surface area contributed by atoms with Crippen molar-refractivity contribution in [3.63, 3.8) is 0 Å². The minimum Gasteiger partial charge on any atom is -0.460 e. The quantitative estimate of drug-likeness (QED) is 0.609. The Balaban J connectivity index is 2.25. The molecule has 0 amide bonds. The molecule has 0 radical (unpaired) electrons. The monoisotopic (exact) mass is 200 g/mol. The maximum absolute atomic E-state index is 11.3. The highest BCUT2D eigenvalue weighted by molar-refractivity contribution is 5.71. The van der Waals surface area contributed by atoms with E-state index >= 15 is 0 Å². The van der Waals surface area contributed by atoms with Crippen LogP contribution in [0.3, 0.4) is 0 Å². The maximum atomic E-state index is 11.3. The van der Waals surface area contributed by atoms with Gasteiger partial charge in [-0.25, -0.2) is 0 Å². The first kappa shape index (κ1) is 11.5. The van der Waals surface area contributed by atoms with Crippen molar-refractivity contribution >= 4 is 5.97 Å². The van der Waals surface area contributed by atoms with E-state index in [1.807, 2.05) is 19.0 Å². The molecule has 0 aromatic rings. The summed E-state index contributed by atoms with van der Waals surface area (Å²) in [6.07, 6.45) is 2.22. The van der Waals surface area contributed by atoms with Gasteiger partial charge in [0.15, 0.2) is 0 Å². The van der Waals surface area contributed by atoms with Crippen LogP contribution in [0.4, 0.5) is 0 Å². The minimum absolute atomic E-state index is 0.0983. The van der Waals surface area contributed by atoms with Crippen LogP contribution in [0.5, 0.6) is 0 Å². The summed E-state index contributed by atoms with van der Waals surface area (Å²) in [6, 6.07) is 0. The number of nitrogens with zero attached hydrogens (tertiary/aromatic N) is 2. The first-order valence-corrected chi connectivity index (χ1v) is 5.10. The molecule has 1 atom stereocenters. The summed E-state index contributed by atoms with van der Waals surface area (Å²) >= 11 is 0. The molecule has 1 rings (SSSR count). The third-order valence-electron chi connectivity index (χ3n) is 2.32. The number of hydrogen-bond donors (Lipinski definition) is 0. The summed E-state index contributed by atoms with van der Waals surface area (Å²) in [4.78, 5) is 15.4. The molecule has 1 heterocycles. The highest BCUT2D eigenvalue weighted by atomic mass is 16.5. The molecule has 4 nitrogen and oxygen atoms in total. The molecule has 1 fully saturated rings. The smallest absolute Gasteiger partial charge is 0.320 e. The standard InChI is InChI=1S/C10H20N2O2/c1-11(2)8-10(13)14-9-5-4-6-12(3)7-9/h9H,4-8H2,1-3H3. The molecule has 0 aliphatic carbocycles. The van der Waals surface area contributed by atoms with Crippen molar-refractivity contribution < 1.29 is 9.53 Å². The molecule has 0 aromatic heterocycles. The van der Waals surface area contributed by atoms with Crippen molar-refractivity contribution in [1.82, 2.24) is 9.80 Å². The fraction of sp³-hybridized carbons (Fsp3) is 0.900. The van der Waals surface area contributed by atoms with E-state index < -0.39 is 0 Å². The van der Waals surface area contributed by atoms with Crippen LogP contribution in [0.2, 0.25) is 0 Å². The van der Waals surface area contributed by atoms with Crippen LogP contribution < -0.4 is 0 Å². The van der Waals surface area contributed by atoms with Crippen molar-refractivity contribution in [3.8, 4) is 0 Å². The maximum Gasteiger partial charge on any atom is 0.320 e. The van der Waals surface area contributed by atoms with Gasteiger partial charge in [0.25, 0.3) is 0 Å². The fourth-order valence-corrected chi connectivity index (χ4v) is 1.70. The first-order valence-electron chi connectivity index (χ1n) is 5.10. The number of esters is 1. The van der Waals surface area contributed by atoms with Gasteiger partial charge in [-0.1, -0.05) is 0 Å². The van der Waals surface area contributed by atoms with Gasteiger partial charge in [0.2, 0.25) is 0 Å². The summed E-state index contributed by atoms with van der Waals surface area (Å²) in [5.74, 6) is -0.115. The van der Waals surface area contributed by atoms with Crippen molar-refractivity contribution in [2.75, 3.05) is 40.8 Å². The normalized spacial score (nSPS) is 23.9. The third-order valence-corrected chi connectivity index (χ3v) is 2.32. The molecular formula is C10H20N2O2. The van der Waals surface area contributed by atoms with Gasteiger partial charge in [-0.2, -0.15) is 0 Å². The Morgan fingerprint density at radius 2 is 2.29 bits per heavy atom. The van der Waals surface area contributed by atoms with Gasteiger partial charge in [0.1, 0.15) is 6.10 Å². The Hall–Kier alpha value is -0.610. The lowest BCUT2D eigenvalue weighted by atomic mass is 10.1. The van der Waals surface area contributed by atoms with Crippen LogP contribution >= 0.6 is 0 Å². The molecule has 0 N–H and O–H groups in total. The largest absolute Gasteiger partial charge is 0.460 e. The molecule has 14 heavy (non-hydrogen) atoms.